The van der Waals surface area contributed by atoms with Gasteiger partial charge in [0.2, 0.25) is 0 Å². The molecular formula is C16H26BrN3O. The van der Waals surface area contributed by atoms with Crippen molar-refractivity contribution in [3.05, 3.63) is 22.4 Å². The van der Waals surface area contributed by atoms with Crippen molar-refractivity contribution in [1.82, 2.24) is 14.8 Å². The van der Waals surface area contributed by atoms with Gasteiger partial charge < -0.3 is 14.8 Å². The van der Waals surface area contributed by atoms with E-state index in [1.165, 1.54) is 13.0 Å². The average Bonchev–Trinajstić information content (AvgIpc) is 2.84. The number of carbonyl (C=O) groups is 1. The van der Waals surface area contributed by atoms with Crippen LogP contribution >= 0.6 is 15.9 Å². The zero-order valence-electron chi connectivity index (χ0n) is 13.2. The van der Waals surface area contributed by atoms with Gasteiger partial charge >= 0.3 is 0 Å². The van der Waals surface area contributed by atoms with Crippen molar-refractivity contribution in [2.75, 3.05) is 19.6 Å². The number of nitrogens with zero attached hydrogens (tertiary/aromatic N) is 2. The number of amides is 1. The Balaban J connectivity index is 1.93. The Morgan fingerprint density at radius 2 is 2.10 bits per heavy atom. The lowest BCUT2D eigenvalue weighted by atomic mass is 10.0. The first-order valence-electron chi connectivity index (χ1n) is 7.91. The zero-order chi connectivity index (χ0) is 15.4. The second-order valence-electron chi connectivity index (χ2n) is 6.13. The Labute approximate surface area is 136 Å². The Bertz CT molecular complexity index is 476. The molecule has 1 N–H and O–H groups in total. The summed E-state index contributed by atoms with van der Waals surface area (Å²) in [6.45, 7) is 9.75. The SMILES string of the molecule is CCCN1CCC(NC(=O)c2cc(Br)cn2C(C)C)CC1. The number of halogens is 1. The predicted octanol–water partition coefficient (Wildman–Crippen LogP) is 3.44. The molecule has 1 aliphatic rings. The normalized spacial score (nSPS) is 17.4. The van der Waals surface area contributed by atoms with Crippen molar-refractivity contribution in [2.24, 2.45) is 0 Å². The largest absolute Gasteiger partial charge is 0.348 e. The summed E-state index contributed by atoms with van der Waals surface area (Å²) in [5.41, 5.74) is 0.743. The highest BCUT2D eigenvalue weighted by molar-refractivity contribution is 9.10. The fraction of sp³-hybridized carbons (Fsp3) is 0.688. The second kappa shape index (κ2) is 7.45. The monoisotopic (exact) mass is 355 g/mol. The first-order chi connectivity index (χ1) is 10.0. The zero-order valence-corrected chi connectivity index (χ0v) is 14.8. The van der Waals surface area contributed by atoms with Crippen LogP contribution in [0.4, 0.5) is 0 Å². The summed E-state index contributed by atoms with van der Waals surface area (Å²) in [5.74, 6) is 0.0448. The van der Waals surface area contributed by atoms with Crippen LogP contribution in [0.3, 0.4) is 0 Å². The molecule has 1 aromatic heterocycles. The van der Waals surface area contributed by atoms with Gasteiger partial charge in [0.25, 0.3) is 5.91 Å². The van der Waals surface area contributed by atoms with Crippen LogP contribution in [-0.2, 0) is 0 Å². The molecule has 2 rings (SSSR count). The van der Waals surface area contributed by atoms with E-state index >= 15 is 0 Å². The minimum absolute atomic E-state index is 0.0448. The fourth-order valence-electron chi connectivity index (χ4n) is 2.93. The quantitative estimate of drug-likeness (QED) is 0.878. The van der Waals surface area contributed by atoms with Crippen LogP contribution in [0.1, 0.15) is 56.6 Å². The molecule has 0 radical (unpaired) electrons. The van der Waals surface area contributed by atoms with Crippen molar-refractivity contribution in [2.45, 2.75) is 52.1 Å². The van der Waals surface area contributed by atoms with Gasteiger partial charge in [0.15, 0.2) is 0 Å². The maximum absolute atomic E-state index is 12.5. The third-order valence-electron chi connectivity index (χ3n) is 4.07. The molecule has 2 heterocycles. The van der Waals surface area contributed by atoms with Gasteiger partial charge in [-0.3, -0.25) is 4.79 Å². The molecule has 1 amide bonds. The van der Waals surface area contributed by atoms with Crippen LogP contribution in [0, 0.1) is 0 Å². The van der Waals surface area contributed by atoms with Crippen molar-refractivity contribution < 1.29 is 4.79 Å². The van der Waals surface area contributed by atoms with Gasteiger partial charge in [-0.2, -0.15) is 0 Å². The van der Waals surface area contributed by atoms with E-state index in [0.29, 0.717) is 6.04 Å². The van der Waals surface area contributed by atoms with Gasteiger partial charge in [0.05, 0.1) is 0 Å². The van der Waals surface area contributed by atoms with Crippen molar-refractivity contribution in [3.8, 4) is 0 Å². The molecule has 0 saturated carbocycles. The van der Waals surface area contributed by atoms with E-state index in [1.54, 1.807) is 0 Å². The molecular weight excluding hydrogens is 330 g/mol. The van der Waals surface area contributed by atoms with Crippen LogP contribution in [0.15, 0.2) is 16.7 Å². The van der Waals surface area contributed by atoms with Crippen LogP contribution < -0.4 is 5.32 Å². The lowest BCUT2D eigenvalue weighted by Gasteiger charge is -2.32. The molecule has 4 nitrogen and oxygen atoms in total. The van der Waals surface area contributed by atoms with Gasteiger partial charge in [-0.05, 0) is 61.7 Å². The van der Waals surface area contributed by atoms with E-state index in [9.17, 15) is 4.79 Å². The summed E-state index contributed by atoms with van der Waals surface area (Å²) in [6, 6.07) is 2.49. The van der Waals surface area contributed by atoms with E-state index in [-0.39, 0.29) is 11.9 Å². The number of aromatic nitrogens is 1. The molecule has 118 valence electrons. The Kier molecular flexibility index (Phi) is 5.88. The van der Waals surface area contributed by atoms with Crippen molar-refractivity contribution in [3.63, 3.8) is 0 Å². The molecule has 1 saturated heterocycles. The van der Waals surface area contributed by atoms with Crippen molar-refractivity contribution in [1.29, 1.82) is 0 Å². The van der Waals surface area contributed by atoms with Gasteiger partial charge in [0, 0.05) is 35.8 Å². The number of carbonyl (C=O) groups excluding carboxylic acids is 1. The van der Waals surface area contributed by atoms with E-state index in [4.69, 9.17) is 0 Å². The minimum atomic E-state index is 0.0448. The Morgan fingerprint density at radius 1 is 1.43 bits per heavy atom. The standard InChI is InChI=1S/C16H26BrN3O/c1-4-7-19-8-5-14(6-9-19)18-16(21)15-10-13(17)11-20(15)12(2)3/h10-12,14H,4-9H2,1-3H3,(H,18,21). The first-order valence-corrected chi connectivity index (χ1v) is 8.71. The molecule has 21 heavy (non-hydrogen) atoms. The number of nitrogens with one attached hydrogen (secondary N) is 1. The molecule has 0 spiro atoms. The molecule has 0 unspecified atom stereocenters. The molecule has 1 aliphatic heterocycles. The Hall–Kier alpha value is -0.810. The van der Waals surface area contributed by atoms with Crippen LogP contribution in [0.2, 0.25) is 0 Å². The highest BCUT2D eigenvalue weighted by Gasteiger charge is 2.22. The van der Waals surface area contributed by atoms with E-state index in [2.05, 4.69) is 46.9 Å². The smallest absolute Gasteiger partial charge is 0.268 e. The summed E-state index contributed by atoms with van der Waals surface area (Å²) in [4.78, 5) is 15.0. The van der Waals surface area contributed by atoms with Crippen LogP contribution in [0.5, 0.6) is 0 Å². The van der Waals surface area contributed by atoms with Gasteiger partial charge in [-0.1, -0.05) is 6.92 Å². The molecule has 0 aromatic carbocycles. The third-order valence-corrected chi connectivity index (χ3v) is 4.50. The predicted molar refractivity (Wildman–Crippen MR) is 89.7 cm³/mol. The third kappa shape index (κ3) is 4.33. The fourth-order valence-corrected chi connectivity index (χ4v) is 3.37. The number of likely N-dealkylation sites (tertiary alicyclic amines) is 1. The van der Waals surface area contributed by atoms with E-state index < -0.39 is 0 Å². The molecule has 0 bridgehead atoms. The highest BCUT2D eigenvalue weighted by Crippen LogP contribution is 2.20. The lowest BCUT2D eigenvalue weighted by molar-refractivity contribution is 0.0900. The number of hydrogen-bond acceptors (Lipinski definition) is 2. The van der Waals surface area contributed by atoms with Crippen LogP contribution in [-0.4, -0.2) is 41.1 Å². The summed E-state index contributed by atoms with van der Waals surface area (Å²) in [7, 11) is 0. The minimum Gasteiger partial charge on any atom is -0.348 e. The number of piperidine rings is 1. The summed E-state index contributed by atoms with van der Waals surface area (Å²) >= 11 is 3.46. The van der Waals surface area contributed by atoms with Crippen LogP contribution in [0.25, 0.3) is 0 Å². The molecule has 1 aromatic rings. The summed E-state index contributed by atoms with van der Waals surface area (Å²) < 4.78 is 2.98. The Morgan fingerprint density at radius 3 is 2.67 bits per heavy atom. The lowest BCUT2D eigenvalue weighted by Crippen LogP contribution is -2.45. The topological polar surface area (TPSA) is 37.3 Å². The average molecular weight is 356 g/mol. The number of hydrogen-bond donors (Lipinski definition) is 1. The van der Waals surface area contributed by atoms with E-state index in [1.807, 2.05) is 16.8 Å². The highest BCUT2D eigenvalue weighted by atomic mass is 79.9. The van der Waals surface area contributed by atoms with Gasteiger partial charge in [-0.15, -0.1) is 0 Å². The maximum Gasteiger partial charge on any atom is 0.268 e. The molecule has 5 heteroatoms. The van der Waals surface area contributed by atoms with Gasteiger partial charge in [-0.25, -0.2) is 0 Å². The number of rotatable bonds is 5. The summed E-state index contributed by atoms with van der Waals surface area (Å²) in [5, 5.41) is 3.20. The van der Waals surface area contributed by atoms with Gasteiger partial charge in [0.1, 0.15) is 5.69 Å². The van der Waals surface area contributed by atoms with Crippen molar-refractivity contribution >= 4 is 21.8 Å². The summed E-state index contributed by atoms with van der Waals surface area (Å²) in [6.07, 6.45) is 5.28. The first kappa shape index (κ1) is 16.6. The maximum atomic E-state index is 12.5. The molecule has 0 atom stereocenters. The van der Waals surface area contributed by atoms with E-state index in [0.717, 1.165) is 36.1 Å². The second-order valence-corrected chi connectivity index (χ2v) is 7.05. The molecule has 1 fully saturated rings. The molecule has 0 aliphatic carbocycles.